The lowest BCUT2D eigenvalue weighted by atomic mass is 10.0. The molecule has 0 aromatic carbocycles. The average molecular weight is 240 g/mol. The normalized spacial score (nSPS) is 27.0. The minimum Gasteiger partial charge on any atom is -0.373 e. The molecule has 3 heteroatoms. The zero-order valence-electron chi connectivity index (χ0n) is 11.7. The molecule has 0 bridgehead atoms. The van der Waals surface area contributed by atoms with Gasteiger partial charge in [0, 0.05) is 31.7 Å². The van der Waals surface area contributed by atoms with E-state index in [-0.39, 0.29) is 5.60 Å². The van der Waals surface area contributed by atoms with Gasteiger partial charge in [-0.1, -0.05) is 13.3 Å². The molecule has 2 rings (SSSR count). The molecule has 100 valence electrons. The Bertz CT molecular complexity index is 238. The molecule has 2 aliphatic rings. The lowest BCUT2D eigenvalue weighted by Crippen LogP contribution is -2.54. The van der Waals surface area contributed by atoms with Crippen LogP contribution in [0.2, 0.25) is 0 Å². The van der Waals surface area contributed by atoms with Crippen LogP contribution in [0.3, 0.4) is 0 Å². The first-order chi connectivity index (χ1) is 8.11. The van der Waals surface area contributed by atoms with Crippen molar-refractivity contribution in [3.63, 3.8) is 0 Å². The van der Waals surface area contributed by atoms with E-state index in [9.17, 15) is 0 Å². The van der Waals surface area contributed by atoms with E-state index < -0.39 is 0 Å². The summed E-state index contributed by atoms with van der Waals surface area (Å²) in [6.45, 7) is 10.9. The van der Waals surface area contributed by atoms with Gasteiger partial charge in [-0.2, -0.15) is 0 Å². The first kappa shape index (κ1) is 13.3. The van der Waals surface area contributed by atoms with Gasteiger partial charge in [0.05, 0.1) is 12.2 Å². The van der Waals surface area contributed by atoms with Gasteiger partial charge in [0.2, 0.25) is 0 Å². The molecule has 1 N–H and O–H groups in total. The van der Waals surface area contributed by atoms with Crippen molar-refractivity contribution < 1.29 is 4.74 Å². The van der Waals surface area contributed by atoms with Crippen molar-refractivity contribution in [2.75, 3.05) is 26.2 Å². The van der Waals surface area contributed by atoms with Crippen LogP contribution >= 0.6 is 0 Å². The standard InChI is InChI=1S/C14H28N2O/c1-4-5-13(10-15-12-6-7-12)16-8-9-17-14(2,3)11-16/h12-13,15H,4-11H2,1-3H3. The molecule has 1 atom stereocenters. The number of hydrogen-bond acceptors (Lipinski definition) is 3. The van der Waals surface area contributed by atoms with E-state index in [0.29, 0.717) is 6.04 Å². The number of ether oxygens (including phenoxy) is 1. The third-order valence-electron chi connectivity index (χ3n) is 3.81. The van der Waals surface area contributed by atoms with Gasteiger partial charge in [-0.25, -0.2) is 0 Å². The van der Waals surface area contributed by atoms with E-state index in [1.165, 1.54) is 25.7 Å². The number of morpholine rings is 1. The quantitative estimate of drug-likeness (QED) is 0.769. The number of hydrogen-bond donors (Lipinski definition) is 1. The molecule has 0 radical (unpaired) electrons. The average Bonchev–Trinajstić information content (AvgIpc) is 3.06. The van der Waals surface area contributed by atoms with E-state index in [2.05, 4.69) is 31.0 Å². The molecule has 2 fully saturated rings. The van der Waals surface area contributed by atoms with Crippen LogP contribution in [0, 0.1) is 0 Å². The van der Waals surface area contributed by atoms with Crippen molar-refractivity contribution in [1.82, 2.24) is 10.2 Å². The van der Waals surface area contributed by atoms with Crippen molar-refractivity contribution in [1.29, 1.82) is 0 Å². The minimum absolute atomic E-state index is 0.0316. The largest absolute Gasteiger partial charge is 0.373 e. The summed E-state index contributed by atoms with van der Waals surface area (Å²) in [6, 6.07) is 1.52. The maximum atomic E-state index is 5.80. The lowest BCUT2D eigenvalue weighted by Gasteiger charge is -2.42. The third-order valence-corrected chi connectivity index (χ3v) is 3.81. The zero-order valence-corrected chi connectivity index (χ0v) is 11.7. The van der Waals surface area contributed by atoms with Gasteiger partial charge in [0.25, 0.3) is 0 Å². The highest BCUT2D eigenvalue weighted by Gasteiger charge is 2.31. The molecule has 3 nitrogen and oxygen atoms in total. The summed E-state index contributed by atoms with van der Waals surface area (Å²) in [7, 11) is 0. The fraction of sp³-hybridized carbons (Fsp3) is 1.00. The Hall–Kier alpha value is -0.120. The van der Waals surface area contributed by atoms with Crippen LogP contribution in [-0.4, -0.2) is 48.8 Å². The monoisotopic (exact) mass is 240 g/mol. The molecule has 1 saturated carbocycles. The Morgan fingerprint density at radius 3 is 2.76 bits per heavy atom. The Balaban J connectivity index is 1.84. The summed E-state index contributed by atoms with van der Waals surface area (Å²) in [6.07, 6.45) is 5.34. The van der Waals surface area contributed by atoms with E-state index in [4.69, 9.17) is 4.74 Å². The smallest absolute Gasteiger partial charge is 0.0753 e. The van der Waals surface area contributed by atoms with Gasteiger partial charge in [-0.05, 0) is 33.1 Å². The predicted octanol–water partition coefficient (Wildman–Crippen LogP) is 2.02. The molecule has 1 heterocycles. The van der Waals surface area contributed by atoms with Crippen LogP contribution in [0.5, 0.6) is 0 Å². The predicted molar refractivity (Wildman–Crippen MR) is 71.3 cm³/mol. The zero-order chi connectivity index (χ0) is 12.3. The van der Waals surface area contributed by atoms with Crippen LogP contribution in [-0.2, 0) is 4.74 Å². The Morgan fingerprint density at radius 2 is 2.18 bits per heavy atom. The second-order valence-corrected chi connectivity index (χ2v) is 6.20. The van der Waals surface area contributed by atoms with E-state index in [1.54, 1.807) is 0 Å². The van der Waals surface area contributed by atoms with Crippen molar-refractivity contribution in [2.24, 2.45) is 0 Å². The fourth-order valence-electron chi connectivity index (χ4n) is 2.70. The Labute approximate surface area is 106 Å². The first-order valence-electron chi connectivity index (χ1n) is 7.22. The molecule has 1 saturated heterocycles. The molecule has 0 spiro atoms. The summed E-state index contributed by atoms with van der Waals surface area (Å²) >= 11 is 0. The molecular weight excluding hydrogens is 212 g/mol. The Kier molecular flexibility index (Phi) is 4.45. The fourth-order valence-corrected chi connectivity index (χ4v) is 2.70. The number of nitrogens with one attached hydrogen (secondary N) is 1. The molecule has 17 heavy (non-hydrogen) atoms. The van der Waals surface area contributed by atoms with Crippen molar-refractivity contribution >= 4 is 0 Å². The molecule has 1 unspecified atom stereocenters. The summed E-state index contributed by atoms with van der Waals surface area (Å²) in [5.41, 5.74) is 0.0316. The summed E-state index contributed by atoms with van der Waals surface area (Å²) < 4.78 is 5.80. The second-order valence-electron chi connectivity index (χ2n) is 6.20. The highest BCUT2D eigenvalue weighted by molar-refractivity contribution is 4.87. The van der Waals surface area contributed by atoms with Crippen LogP contribution in [0.15, 0.2) is 0 Å². The van der Waals surface area contributed by atoms with Crippen molar-refractivity contribution in [3.8, 4) is 0 Å². The molecule has 0 aromatic rings. The lowest BCUT2D eigenvalue weighted by molar-refractivity contribution is -0.0975. The van der Waals surface area contributed by atoms with E-state index in [1.807, 2.05) is 0 Å². The molecular formula is C14H28N2O. The molecule has 0 aromatic heterocycles. The van der Waals surface area contributed by atoms with Gasteiger partial charge in [-0.15, -0.1) is 0 Å². The number of rotatable bonds is 6. The molecule has 1 aliphatic carbocycles. The van der Waals surface area contributed by atoms with Crippen LogP contribution in [0.1, 0.15) is 46.5 Å². The minimum atomic E-state index is 0.0316. The number of nitrogens with zero attached hydrogens (tertiary/aromatic N) is 1. The first-order valence-corrected chi connectivity index (χ1v) is 7.22. The highest BCUT2D eigenvalue weighted by atomic mass is 16.5. The highest BCUT2D eigenvalue weighted by Crippen LogP contribution is 2.22. The van der Waals surface area contributed by atoms with Gasteiger partial charge >= 0.3 is 0 Å². The van der Waals surface area contributed by atoms with E-state index >= 15 is 0 Å². The summed E-state index contributed by atoms with van der Waals surface area (Å²) in [4.78, 5) is 2.63. The maximum absolute atomic E-state index is 5.80. The van der Waals surface area contributed by atoms with Gasteiger partial charge in [-0.3, -0.25) is 4.90 Å². The SMILES string of the molecule is CCCC(CNC1CC1)N1CCOC(C)(C)C1. The topological polar surface area (TPSA) is 24.5 Å². The van der Waals surface area contributed by atoms with Gasteiger partial charge in [0.1, 0.15) is 0 Å². The summed E-state index contributed by atoms with van der Waals surface area (Å²) in [5, 5.41) is 3.68. The Morgan fingerprint density at radius 1 is 1.41 bits per heavy atom. The van der Waals surface area contributed by atoms with Crippen LogP contribution < -0.4 is 5.32 Å². The third kappa shape index (κ3) is 4.23. The van der Waals surface area contributed by atoms with Crippen LogP contribution in [0.4, 0.5) is 0 Å². The van der Waals surface area contributed by atoms with E-state index in [0.717, 1.165) is 32.3 Å². The van der Waals surface area contributed by atoms with Gasteiger partial charge in [0.15, 0.2) is 0 Å². The van der Waals surface area contributed by atoms with Gasteiger partial charge < -0.3 is 10.1 Å². The molecule has 0 amide bonds. The molecule has 1 aliphatic heterocycles. The summed E-state index contributed by atoms with van der Waals surface area (Å²) in [5.74, 6) is 0. The van der Waals surface area contributed by atoms with Crippen molar-refractivity contribution in [3.05, 3.63) is 0 Å². The van der Waals surface area contributed by atoms with Crippen LogP contribution in [0.25, 0.3) is 0 Å². The second kappa shape index (κ2) is 5.68. The van der Waals surface area contributed by atoms with Crippen molar-refractivity contribution in [2.45, 2.75) is 64.1 Å². The maximum Gasteiger partial charge on any atom is 0.0753 e.